The number of hydrogen-bond acceptors (Lipinski definition) is 3. The van der Waals surface area contributed by atoms with Crippen LogP contribution in [0.4, 0.5) is 4.39 Å². The van der Waals surface area contributed by atoms with Crippen LogP contribution in [0.2, 0.25) is 0 Å². The number of halogens is 1. The minimum absolute atomic E-state index is 0.242. The van der Waals surface area contributed by atoms with Crippen molar-refractivity contribution in [3.05, 3.63) is 77.4 Å². The third kappa shape index (κ3) is 3.84. The Balaban J connectivity index is 1.47. The molecule has 33 heavy (non-hydrogen) atoms. The molecule has 1 atom stereocenters. The maximum Gasteiger partial charge on any atom is 0.277 e. The van der Waals surface area contributed by atoms with Crippen LogP contribution in [0.5, 0.6) is 0 Å². The molecule has 1 aromatic heterocycles. The number of aromatic nitrogens is 1. The van der Waals surface area contributed by atoms with Gasteiger partial charge in [-0.05, 0) is 54.5 Å². The minimum Gasteiger partial charge on any atom is -0.366 e. The molecule has 170 valence electrons. The first-order valence-corrected chi connectivity index (χ1v) is 11.6. The van der Waals surface area contributed by atoms with Crippen molar-refractivity contribution in [3.8, 4) is 0 Å². The maximum absolute atomic E-state index is 13.6. The highest BCUT2D eigenvalue weighted by Gasteiger charge is 2.42. The van der Waals surface area contributed by atoms with Crippen LogP contribution in [0.15, 0.2) is 60.4 Å². The summed E-state index contributed by atoms with van der Waals surface area (Å²) in [5.41, 5.74) is 3.69. The van der Waals surface area contributed by atoms with E-state index in [0.29, 0.717) is 35.7 Å². The Labute approximate surface area is 193 Å². The number of benzene rings is 2. The van der Waals surface area contributed by atoms with Crippen LogP contribution in [0, 0.1) is 11.7 Å². The molecule has 5 nitrogen and oxygen atoms in total. The second-order valence-electron chi connectivity index (χ2n) is 9.22. The van der Waals surface area contributed by atoms with Crippen LogP contribution in [0.3, 0.4) is 0 Å². The van der Waals surface area contributed by atoms with Gasteiger partial charge in [-0.3, -0.25) is 14.5 Å². The molecule has 2 aliphatic rings. The highest BCUT2D eigenvalue weighted by Crippen LogP contribution is 2.34. The number of amides is 2. The van der Waals surface area contributed by atoms with Gasteiger partial charge in [-0.25, -0.2) is 4.39 Å². The molecule has 0 bridgehead atoms. The molecule has 2 aromatic carbocycles. The van der Waals surface area contributed by atoms with Gasteiger partial charge in [-0.1, -0.05) is 37.3 Å². The predicted molar refractivity (Wildman–Crippen MR) is 127 cm³/mol. The third-order valence-corrected chi connectivity index (χ3v) is 6.83. The fraction of sp³-hybridized carbons (Fsp3) is 0.333. The van der Waals surface area contributed by atoms with Gasteiger partial charge in [0.1, 0.15) is 11.5 Å². The van der Waals surface area contributed by atoms with Crippen molar-refractivity contribution in [1.82, 2.24) is 14.4 Å². The lowest BCUT2D eigenvalue weighted by molar-refractivity contribution is -0.137. The van der Waals surface area contributed by atoms with Gasteiger partial charge < -0.3 is 9.47 Å². The first-order valence-electron chi connectivity index (χ1n) is 11.6. The zero-order valence-electron chi connectivity index (χ0n) is 19.1. The molecule has 2 aliphatic heterocycles. The topological polar surface area (TPSA) is 45.6 Å². The van der Waals surface area contributed by atoms with E-state index >= 15 is 0 Å². The van der Waals surface area contributed by atoms with E-state index in [-0.39, 0.29) is 17.6 Å². The molecule has 6 heteroatoms. The summed E-state index contributed by atoms with van der Waals surface area (Å²) >= 11 is 0. The van der Waals surface area contributed by atoms with Crippen molar-refractivity contribution in [2.75, 3.05) is 19.6 Å². The number of aryl methyl sites for hydroxylation is 1. The van der Waals surface area contributed by atoms with E-state index in [1.54, 1.807) is 12.1 Å². The average Bonchev–Trinajstić information content (AvgIpc) is 3.26. The van der Waals surface area contributed by atoms with Crippen molar-refractivity contribution in [2.24, 2.45) is 13.0 Å². The van der Waals surface area contributed by atoms with Crippen molar-refractivity contribution in [1.29, 1.82) is 0 Å². The molecule has 3 aromatic rings. The van der Waals surface area contributed by atoms with Crippen LogP contribution < -0.4 is 0 Å². The third-order valence-electron chi connectivity index (χ3n) is 6.83. The number of carbonyl (C=O) groups is 2. The van der Waals surface area contributed by atoms with Crippen LogP contribution in [0.1, 0.15) is 30.9 Å². The van der Waals surface area contributed by atoms with Gasteiger partial charge >= 0.3 is 0 Å². The number of imide groups is 1. The first kappa shape index (κ1) is 21.4. The number of likely N-dealkylation sites (tertiary alicyclic amines) is 1. The lowest BCUT2D eigenvalue weighted by atomic mass is 9.98. The van der Waals surface area contributed by atoms with Gasteiger partial charge in [0.2, 0.25) is 0 Å². The highest BCUT2D eigenvalue weighted by atomic mass is 19.1. The van der Waals surface area contributed by atoms with E-state index in [1.165, 1.54) is 17.0 Å². The van der Waals surface area contributed by atoms with E-state index in [4.69, 9.17) is 0 Å². The Morgan fingerprint density at radius 1 is 1.03 bits per heavy atom. The normalized spacial score (nSPS) is 19.3. The Morgan fingerprint density at radius 3 is 2.55 bits per heavy atom. The quantitative estimate of drug-likeness (QED) is 0.548. The van der Waals surface area contributed by atoms with Crippen LogP contribution >= 0.6 is 0 Å². The molecule has 1 fully saturated rings. The molecule has 0 N–H and O–H groups in total. The molecule has 0 aliphatic carbocycles. The standard InChI is InChI=1S/C27H28FN3O2/c1-18-6-5-14-30(16-18)25-24(19-9-11-21(28)12-10-19)26(32)31(27(25)33)15-13-20-17-29(2)23-8-4-3-7-22(20)23/h3-4,7-12,17-18H,5-6,13-16H2,1-2H3. The van der Waals surface area contributed by atoms with E-state index in [9.17, 15) is 14.0 Å². The average molecular weight is 446 g/mol. The number of nitrogens with zero attached hydrogens (tertiary/aromatic N) is 3. The van der Waals surface area contributed by atoms with Gasteiger partial charge in [0.05, 0.1) is 5.57 Å². The zero-order valence-corrected chi connectivity index (χ0v) is 19.1. The Hall–Kier alpha value is -3.41. The molecule has 0 saturated carbocycles. The lowest BCUT2D eigenvalue weighted by Gasteiger charge is -2.33. The smallest absolute Gasteiger partial charge is 0.277 e. The van der Waals surface area contributed by atoms with E-state index < -0.39 is 0 Å². The zero-order chi connectivity index (χ0) is 23.1. The predicted octanol–water partition coefficient (Wildman–Crippen LogP) is 4.37. The summed E-state index contributed by atoms with van der Waals surface area (Å²) in [6.07, 6.45) is 4.75. The highest BCUT2D eigenvalue weighted by molar-refractivity contribution is 6.35. The van der Waals surface area contributed by atoms with E-state index in [2.05, 4.69) is 34.7 Å². The SMILES string of the molecule is CC1CCCN(C2=C(c3ccc(F)cc3)C(=O)N(CCc3cn(C)c4ccccc34)C2=O)C1. The summed E-state index contributed by atoms with van der Waals surface area (Å²) in [7, 11) is 2.00. The number of para-hydroxylation sites is 1. The Morgan fingerprint density at radius 2 is 1.79 bits per heavy atom. The fourth-order valence-corrected chi connectivity index (χ4v) is 5.19. The van der Waals surface area contributed by atoms with Gasteiger partial charge in [0.25, 0.3) is 11.8 Å². The molecule has 0 radical (unpaired) electrons. The molecule has 1 saturated heterocycles. The van der Waals surface area contributed by atoms with Crippen LogP contribution in [0.25, 0.3) is 16.5 Å². The molecule has 3 heterocycles. The Kier molecular flexibility index (Phi) is 5.52. The Bertz CT molecular complexity index is 1260. The molecule has 2 amide bonds. The monoisotopic (exact) mass is 445 g/mol. The summed E-state index contributed by atoms with van der Waals surface area (Å²) in [6.45, 7) is 3.98. The number of fused-ring (bicyclic) bond motifs is 1. The lowest BCUT2D eigenvalue weighted by Crippen LogP contribution is -2.39. The number of carbonyl (C=O) groups excluding carboxylic acids is 2. The number of hydrogen-bond donors (Lipinski definition) is 0. The minimum atomic E-state index is -0.364. The molecule has 1 unspecified atom stereocenters. The maximum atomic E-state index is 13.6. The first-order chi connectivity index (χ1) is 15.9. The largest absolute Gasteiger partial charge is 0.366 e. The molecular weight excluding hydrogens is 417 g/mol. The molecular formula is C27H28FN3O2. The van der Waals surface area contributed by atoms with Crippen molar-refractivity contribution < 1.29 is 14.0 Å². The van der Waals surface area contributed by atoms with Crippen molar-refractivity contribution in [3.63, 3.8) is 0 Å². The summed E-state index contributed by atoms with van der Waals surface area (Å²) in [5, 5.41) is 1.14. The number of rotatable bonds is 5. The van der Waals surface area contributed by atoms with Gasteiger partial charge in [0, 0.05) is 43.8 Å². The summed E-state index contributed by atoms with van der Waals surface area (Å²) in [5.74, 6) is -0.445. The van der Waals surface area contributed by atoms with Gasteiger partial charge in [-0.15, -0.1) is 0 Å². The van der Waals surface area contributed by atoms with E-state index in [1.807, 2.05) is 19.2 Å². The fourth-order valence-electron chi connectivity index (χ4n) is 5.19. The molecule has 5 rings (SSSR count). The summed E-state index contributed by atoms with van der Waals surface area (Å²) < 4.78 is 15.6. The second-order valence-corrected chi connectivity index (χ2v) is 9.22. The summed E-state index contributed by atoms with van der Waals surface area (Å²) in [4.78, 5) is 30.6. The summed E-state index contributed by atoms with van der Waals surface area (Å²) in [6, 6.07) is 14.0. The second kappa shape index (κ2) is 8.50. The number of piperidine rings is 1. The van der Waals surface area contributed by atoms with Crippen molar-refractivity contribution >= 4 is 28.3 Å². The van der Waals surface area contributed by atoms with E-state index in [0.717, 1.165) is 42.4 Å². The van der Waals surface area contributed by atoms with Crippen LogP contribution in [-0.4, -0.2) is 45.8 Å². The van der Waals surface area contributed by atoms with Gasteiger partial charge in [-0.2, -0.15) is 0 Å². The molecule has 0 spiro atoms. The van der Waals surface area contributed by atoms with Crippen LogP contribution in [-0.2, 0) is 23.1 Å². The van der Waals surface area contributed by atoms with Gasteiger partial charge in [0.15, 0.2) is 0 Å². The van der Waals surface area contributed by atoms with Crippen molar-refractivity contribution in [2.45, 2.75) is 26.2 Å².